The molecule has 7 nitrogen and oxygen atoms in total. The summed E-state index contributed by atoms with van der Waals surface area (Å²) in [6.45, 7) is 5.13. The van der Waals surface area contributed by atoms with E-state index in [1.807, 2.05) is 19.9 Å². The minimum Gasteiger partial charge on any atom is -0.357 e. The molecule has 37 heavy (non-hydrogen) atoms. The Kier molecular flexibility index (Phi) is 9.34. The highest BCUT2D eigenvalue weighted by atomic mass is 35.5. The van der Waals surface area contributed by atoms with Crippen molar-refractivity contribution in [3.63, 3.8) is 0 Å². The Balaban J connectivity index is 2.06. The number of likely N-dealkylation sites (N-methyl/N-ethyl adjacent to an activating group) is 1. The lowest BCUT2D eigenvalue weighted by atomic mass is 10.1. The van der Waals surface area contributed by atoms with E-state index in [1.165, 1.54) is 24.1 Å². The molecule has 0 fully saturated rings. The van der Waals surface area contributed by atoms with E-state index in [2.05, 4.69) is 5.32 Å². The van der Waals surface area contributed by atoms with Crippen molar-refractivity contribution in [1.29, 1.82) is 0 Å². The third-order valence-electron chi connectivity index (χ3n) is 6.17. The fourth-order valence-corrected chi connectivity index (χ4v) is 5.67. The average Bonchev–Trinajstić information content (AvgIpc) is 2.88. The van der Waals surface area contributed by atoms with Gasteiger partial charge in [0.05, 0.1) is 10.6 Å². The standard InChI is InChI=1S/C28H32ClN3O4S/c1-5-25(28(34)30-4)31(18-22-12-14-23(29)15-13-22)27(33)19-32(26-9-7-6-8-21(26)3)37(35,36)24-16-10-20(2)11-17-24/h6-17,25H,5,18-19H2,1-4H3,(H,30,34)/t25-/m1/s1. The molecule has 0 spiro atoms. The summed E-state index contributed by atoms with van der Waals surface area (Å²) in [5.41, 5.74) is 2.79. The van der Waals surface area contributed by atoms with Gasteiger partial charge in [-0.25, -0.2) is 8.42 Å². The number of carbonyl (C=O) groups excluding carboxylic acids is 2. The fourth-order valence-electron chi connectivity index (χ4n) is 4.07. The van der Waals surface area contributed by atoms with Gasteiger partial charge in [0.25, 0.3) is 10.0 Å². The Labute approximate surface area is 224 Å². The number of nitrogens with one attached hydrogen (secondary N) is 1. The van der Waals surface area contributed by atoms with Crippen LogP contribution in [0.3, 0.4) is 0 Å². The van der Waals surface area contributed by atoms with Crippen molar-refractivity contribution < 1.29 is 18.0 Å². The predicted molar refractivity (Wildman–Crippen MR) is 147 cm³/mol. The van der Waals surface area contributed by atoms with Crippen LogP contribution in [-0.2, 0) is 26.2 Å². The van der Waals surface area contributed by atoms with Crippen molar-refractivity contribution in [1.82, 2.24) is 10.2 Å². The molecule has 3 rings (SSSR count). The summed E-state index contributed by atoms with van der Waals surface area (Å²) in [6.07, 6.45) is 0.355. The lowest BCUT2D eigenvalue weighted by Gasteiger charge is -2.33. The number of aryl methyl sites for hydroxylation is 2. The topological polar surface area (TPSA) is 86.8 Å². The molecule has 3 aromatic carbocycles. The number of para-hydroxylation sites is 1. The number of carbonyl (C=O) groups is 2. The molecule has 0 aliphatic heterocycles. The summed E-state index contributed by atoms with van der Waals surface area (Å²) < 4.78 is 28.8. The van der Waals surface area contributed by atoms with E-state index in [9.17, 15) is 18.0 Å². The van der Waals surface area contributed by atoms with E-state index in [1.54, 1.807) is 61.5 Å². The number of nitrogens with zero attached hydrogens (tertiary/aromatic N) is 2. The van der Waals surface area contributed by atoms with E-state index in [4.69, 9.17) is 11.6 Å². The zero-order valence-electron chi connectivity index (χ0n) is 21.4. The molecule has 0 saturated carbocycles. The van der Waals surface area contributed by atoms with Gasteiger partial charge in [0.15, 0.2) is 0 Å². The van der Waals surface area contributed by atoms with Crippen LogP contribution < -0.4 is 9.62 Å². The first-order valence-electron chi connectivity index (χ1n) is 12.0. The van der Waals surface area contributed by atoms with Crippen molar-refractivity contribution in [2.24, 2.45) is 0 Å². The molecule has 1 N–H and O–H groups in total. The average molecular weight is 542 g/mol. The van der Waals surface area contributed by atoms with Crippen molar-refractivity contribution in [2.75, 3.05) is 17.9 Å². The number of halogens is 1. The Morgan fingerprint density at radius 3 is 2.14 bits per heavy atom. The number of hydrogen-bond donors (Lipinski definition) is 1. The van der Waals surface area contributed by atoms with Crippen LogP contribution >= 0.6 is 11.6 Å². The molecule has 3 aromatic rings. The maximum atomic E-state index is 13.9. The van der Waals surface area contributed by atoms with Crippen molar-refractivity contribution in [2.45, 2.75) is 44.7 Å². The second-order valence-electron chi connectivity index (χ2n) is 8.80. The molecule has 0 unspecified atom stereocenters. The zero-order chi connectivity index (χ0) is 27.2. The number of hydrogen-bond acceptors (Lipinski definition) is 4. The fraction of sp³-hybridized carbons (Fsp3) is 0.286. The van der Waals surface area contributed by atoms with Crippen LogP contribution in [0, 0.1) is 13.8 Å². The van der Waals surface area contributed by atoms with Crippen molar-refractivity contribution >= 4 is 39.1 Å². The van der Waals surface area contributed by atoms with Crippen LogP contribution in [0.2, 0.25) is 5.02 Å². The van der Waals surface area contributed by atoms with Crippen LogP contribution in [-0.4, -0.2) is 44.8 Å². The first kappa shape index (κ1) is 28.2. The second-order valence-corrected chi connectivity index (χ2v) is 11.1. The maximum absolute atomic E-state index is 13.9. The van der Waals surface area contributed by atoms with Gasteiger partial charge in [0.1, 0.15) is 12.6 Å². The second kappa shape index (κ2) is 12.3. The van der Waals surface area contributed by atoms with Gasteiger partial charge in [-0.3, -0.25) is 13.9 Å². The molecule has 0 radical (unpaired) electrons. The normalized spacial score (nSPS) is 12.0. The first-order chi connectivity index (χ1) is 17.6. The van der Waals surface area contributed by atoms with Gasteiger partial charge in [0.2, 0.25) is 11.8 Å². The van der Waals surface area contributed by atoms with E-state index < -0.39 is 28.5 Å². The molecule has 0 bridgehead atoms. The molecule has 0 aliphatic rings. The summed E-state index contributed by atoms with van der Waals surface area (Å²) in [6, 6.07) is 19.7. The van der Waals surface area contributed by atoms with E-state index in [-0.39, 0.29) is 17.3 Å². The highest BCUT2D eigenvalue weighted by molar-refractivity contribution is 7.92. The van der Waals surface area contributed by atoms with Gasteiger partial charge >= 0.3 is 0 Å². The van der Waals surface area contributed by atoms with Crippen molar-refractivity contribution in [3.8, 4) is 0 Å². The smallest absolute Gasteiger partial charge is 0.264 e. The third-order valence-corrected chi connectivity index (χ3v) is 8.20. The summed E-state index contributed by atoms with van der Waals surface area (Å²) in [7, 11) is -2.58. The molecule has 0 heterocycles. The maximum Gasteiger partial charge on any atom is 0.264 e. The SMILES string of the molecule is CC[C@H](C(=O)NC)N(Cc1ccc(Cl)cc1)C(=O)CN(c1ccccc1C)S(=O)(=O)c1ccc(C)cc1. The molecule has 0 aliphatic carbocycles. The van der Waals surface area contributed by atoms with Gasteiger partial charge in [-0.15, -0.1) is 0 Å². The highest BCUT2D eigenvalue weighted by Crippen LogP contribution is 2.28. The molecule has 0 saturated heterocycles. The molecule has 2 amide bonds. The molecule has 9 heteroatoms. The summed E-state index contributed by atoms with van der Waals surface area (Å²) >= 11 is 6.03. The van der Waals surface area contributed by atoms with Crippen LogP contribution in [0.5, 0.6) is 0 Å². The summed E-state index contributed by atoms with van der Waals surface area (Å²) in [5, 5.41) is 3.17. The zero-order valence-corrected chi connectivity index (χ0v) is 23.0. The predicted octanol–water partition coefficient (Wildman–Crippen LogP) is 4.71. The van der Waals surface area contributed by atoms with Crippen LogP contribution in [0.15, 0.2) is 77.7 Å². The molecule has 0 aromatic heterocycles. The largest absolute Gasteiger partial charge is 0.357 e. The van der Waals surface area contributed by atoms with E-state index >= 15 is 0 Å². The van der Waals surface area contributed by atoms with Crippen LogP contribution in [0.4, 0.5) is 5.69 Å². The van der Waals surface area contributed by atoms with Gasteiger partial charge in [-0.2, -0.15) is 0 Å². The Bertz CT molecular complexity index is 1340. The highest BCUT2D eigenvalue weighted by Gasteiger charge is 2.33. The quantitative estimate of drug-likeness (QED) is 0.403. The monoisotopic (exact) mass is 541 g/mol. The molecular formula is C28H32ClN3O4S. The molecule has 196 valence electrons. The van der Waals surface area contributed by atoms with Gasteiger partial charge in [-0.05, 0) is 61.7 Å². The van der Waals surface area contributed by atoms with E-state index in [0.717, 1.165) is 15.4 Å². The lowest BCUT2D eigenvalue weighted by molar-refractivity contribution is -0.140. The molecule has 1 atom stereocenters. The minimum atomic E-state index is -4.09. The van der Waals surface area contributed by atoms with Gasteiger partial charge < -0.3 is 10.2 Å². The number of sulfonamides is 1. The first-order valence-corrected chi connectivity index (χ1v) is 13.8. The Morgan fingerprint density at radius 2 is 1.57 bits per heavy atom. The number of benzene rings is 3. The number of rotatable bonds is 10. The van der Waals surface area contributed by atoms with Crippen LogP contribution in [0.1, 0.15) is 30.0 Å². The molecular weight excluding hydrogens is 510 g/mol. The summed E-state index contributed by atoms with van der Waals surface area (Å²) in [5.74, 6) is -0.821. The minimum absolute atomic E-state index is 0.0803. The van der Waals surface area contributed by atoms with E-state index in [0.29, 0.717) is 22.7 Å². The van der Waals surface area contributed by atoms with Gasteiger partial charge in [-0.1, -0.05) is 66.6 Å². The summed E-state index contributed by atoms with van der Waals surface area (Å²) in [4.78, 5) is 28.1. The Hall–Kier alpha value is -3.36. The number of anilines is 1. The Morgan fingerprint density at radius 1 is 0.946 bits per heavy atom. The van der Waals surface area contributed by atoms with Gasteiger partial charge in [0, 0.05) is 18.6 Å². The lowest BCUT2D eigenvalue weighted by Crippen LogP contribution is -2.51. The van der Waals surface area contributed by atoms with Crippen molar-refractivity contribution in [3.05, 3.63) is 94.5 Å². The third kappa shape index (κ3) is 6.70. The number of amides is 2. The van der Waals surface area contributed by atoms with Crippen LogP contribution in [0.25, 0.3) is 0 Å².